The van der Waals surface area contributed by atoms with Gasteiger partial charge in [0.15, 0.2) is 0 Å². The number of benzene rings is 2. The lowest BCUT2D eigenvalue weighted by molar-refractivity contribution is -0.137. The zero-order valence-electron chi connectivity index (χ0n) is 12.8. The monoisotopic (exact) mass is 347 g/mol. The fraction of sp³-hybridized carbons (Fsp3) is 0.235. The maximum Gasteiger partial charge on any atom is 0.305 e. The predicted octanol–water partition coefficient (Wildman–Crippen LogP) is 2.21. The van der Waals surface area contributed by atoms with Crippen LogP contribution >= 0.6 is 0 Å². The average molecular weight is 347 g/mol. The van der Waals surface area contributed by atoms with E-state index in [-0.39, 0.29) is 11.3 Å². The summed E-state index contributed by atoms with van der Waals surface area (Å²) < 4.78 is 33.1. The Balaban J connectivity index is 1.89. The van der Waals surface area contributed by atoms with E-state index in [0.29, 0.717) is 18.8 Å². The first-order valence-electron chi connectivity index (χ1n) is 7.44. The second-order valence-electron chi connectivity index (χ2n) is 5.61. The van der Waals surface area contributed by atoms with Gasteiger partial charge in [0.2, 0.25) is 10.0 Å². The van der Waals surface area contributed by atoms with Crippen LogP contribution in [0.5, 0.6) is 0 Å². The molecule has 0 fully saturated rings. The van der Waals surface area contributed by atoms with Crippen LogP contribution in [0.15, 0.2) is 53.4 Å². The summed E-state index contributed by atoms with van der Waals surface area (Å²) in [6.45, 7) is 0.866. The molecule has 0 radical (unpaired) electrons. The summed E-state index contributed by atoms with van der Waals surface area (Å²) in [5.74, 6) is -1.08. The molecule has 2 aromatic carbocycles. The second kappa shape index (κ2) is 6.72. The molecule has 2 aromatic rings. The van der Waals surface area contributed by atoms with E-state index >= 15 is 0 Å². The fourth-order valence-corrected chi connectivity index (χ4v) is 3.93. The molecule has 0 saturated carbocycles. The topological polar surface area (TPSA) is 92.7 Å². The van der Waals surface area contributed by atoms with Crippen LogP contribution in [0.4, 0.5) is 0 Å². The van der Waals surface area contributed by atoms with Crippen molar-refractivity contribution in [1.29, 1.82) is 0 Å². The Labute approximate surface area is 140 Å². The molecular formula is C17H17NO5S. The summed E-state index contributed by atoms with van der Waals surface area (Å²) in [7, 11) is -3.84. The molecule has 0 spiro atoms. The molecule has 24 heavy (non-hydrogen) atoms. The summed E-state index contributed by atoms with van der Waals surface area (Å²) in [6, 6.07) is 12.7. The summed E-state index contributed by atoms with van der Waals surface area (Å²) in [4.78, 5) is 11.2. The van der Waals surface area contributed by atoms with E-state index in [1.807, 2.05) is 0 Å². The molecule has 0 aliphatic carbocycles. The number of hydrogen-bond acceptors (Lipinski definition) is 4. The molecule has 1 atom stereocenters. The Kier molecular flexibility index (Phi) is 4.66. The highest BCUT2D eigenvalue weighted by molar-refractivity contribution is 7.89. The maximum absolute atomic E-state index is 12.7. The third-order valence-corrected chi connectivity index (χ3v) is 5.35. The number of carboxylic acid groups (broad SMARTS) is 1. The van der Waals surface area contributed by atoms with E-state index in [4.69, 9.17) is 9.84 Å². The molecule has 3 rings (SSSR count). The Bertz CT molecular complexity index is 849. The molecule has 0 aromatic heterocycles. The molecule has 7 heteroatoms. The minimum Gasteiger partial charge on any atom is -0.481 e. The molecule has 126 valence electrons. The first-order chi connectivity index (χ1) is 11.5. The number of carboxylic acids is 1. The van der Waals surface area contributed by atoms with E-state index in [1.54, 1.807) is 42.5 Å². The SMILES string of the molecule is O=C(O)CC(NS(=O)(=O)c1ccc2c(c1)COC2)c1ccccc1. The average Bonchev–Trinajstić information content (AvgIpc) is 3.02. The van der Waals surface area contributed by atoms with E-state index in [2.05, 4.69) is 4.72 Å². The van der Waals surface area contributed by atoms with Crippen molar-refractivity contribution < 1.29 is 23.1 Å². The zero-order chi connectivity index (χ0) is 17.2. The summed E-state index contributed by atoms with van der Waals surface area (Å²) in [6.07, 6.45) is -0.336. The van der Waals surface area contributed by atoms with E-state index in [0.717, 1.165) is 11.1 Å². The van der Waals surface area contributed by atoms with E-state index in [9.17, 15) is 13.2 Å². The molecule has 6 nitrogen and oxygen atoms in total. The largest absolute Gasteiger partial charge is 0.481 e. The van der Waals surface area contributed by atoms with Crippen molar-refractivity contribution in [2.75, 3.05) is 0 Å². The summed E-state index contributed by atoms with van der Waals surface area (Å²) >= 11 is 0. The van der Waals surface area contributed by atoms with E-state index in [1.165, 1.54) is 6.07 Å². The fourth-order valence-electron chi connectivity index (χ4n) is 2.66. The van der Waals surface area contributed by atoms with Gasteiger partial charge >= 0.3 is 5.97 Å². The molecule has 1 heterocycles. The van der Waals surface area contributed by atoms with Gasteiger partial charge in [-0.25, -0.2) is 13.1 Å². The number of aliphatic carboxylic acids is 1. The van der Waals surface area contributed by atoms with Crippen molar-refractivity contribution in [2.45, 2.75) is 30.6 Å². The van der Waals surface area contributed by atoms with Gasteiger partial charge in [-0.1, -0.05) is 36.4 Å². The van der Waals surface area contributed by atoms with Crippen LogP contribution in [0.25, 0.3) is 0 Å². The maximum atomic E-state index is 12.7. The first-order valence-corrected chi connectivity index (χ1v) is 8.92. The smallest absolute Gasteiger partial charge is 0.305 e. The number of rotatable bonds is 6. The third kappa shape index (κ3) is 3.64. The van der Waals surface area contributed by atoms with E-state index < -0.39 is 22.0 Å². The van der Waals surface area contributed by atoms with Gasteiger partial charge in [-0.2, -0.15) is 0 Å². The highest BCUT2D eigenvalue weighted by Gasteiger charge is 2.25. The highest BCUT2D eigenvalue weighted by atomic mass is 32.2. The van der Waals surface area contributed by atoms with Crippen molar-refractivity contribution in [2.24, 2.45) is 0 Å². The highest BCUT2D eigenvalue weighted by Crippen LogP contribution is 2.25. The van der Waals surface area contributed by atoms with Gasteiger partial charge < -0.3 is 9.84 Å². The van der Waals surface area contributed by atoms with Crippen molar-refractivity contribution in [3.8, 4) is 0 Å². The lowest BCUT2D eigenvalue weighted by Gasteiger charge is -2.18. The van der Waals surface area contributed by atoms with Gasteiger partial charge in [0.05, 0.1) is 30.6 Å². The molecule has 0 bridgehead atoms. The number of sulfonamides is 1. The predicted molar refractivity (Wildman–Crippen MR) is 86.7 cm³/mol. The van der Waals surface area contributed by atoms with Crippen molar-refractivity contribution >= 4 is 16.0 Å². The Morgan fingerprint density at radius 2 is 1.83 bits per heavy atom. The summed E-state index contributed by atoms with van der Waals surface area (Å²) in [5.41, 5.74) is 2.42. The Hall–Kier alpha value is -2.22. The number of ether oxygens (including phenoxy) is 1. The molecule has 2 N–H and O–H groups in total. The third-order valence-electron chi connectivity index (χ3n) is 3.88. The van der Waals surface area contributed by atoms with Crippen LogP contribution < -0.4 is 4.72 Å². The Morgan fingerprint density at radius 1 is 1.12 bits per heavy atom. The Morgan fingerprint density at radius 3 is 2.54 bits per heavy atom. The van der Waals surface area contributed by atoms with Crippen LogP contribution in [-0.2, 0) is 32.8 Å². The normalized spacial score (nSPS) is 15.0. The lowest BCUT2D eigenvalue weighted by atomic mass is 10.1. The molecule has 0 saturated heterocycles. The lowest BCUT2D eigenvalue weighted by Crippen LogP contribution is -2.30. The first kappa shape index (κ1) is 16.6. The van der Waals surface area contributed by atoms with Crippen molar-refractivity contribution in [1.82, 2.24) is 4.72 Å². The number of fused-ring (bicyclic) bond motifs is 1. The van der Waals surface area contributed by atoms with Crippen LogP contribution in [0.2, 0.25) is 0 Å². The molecule has 0 amide bonds. The summed E-state index contributed by atoms with van der Waals surface area (Å²) in [5, 5.41) is 9.09. The number of carbonyl (C=O) groups is 1. The van der Waals surface area contributed by atoms with Gasteiger partial charge in [0.25, 0.3) is 0 Å². The van der Waals surface area contributed by atoms with Crippen LogP contribution in [0.3, 0.4) is 0 Å². The number of hydrogen-bond donors (Lipinski definition) is 2. The van der Waals surface area contributed by atoms with Gasteiger partial charge in [-0.3, -0.25) is 4.79 Å². The second-order valence-corrected chi connectivity index (χ2v) is 7.32. The zero-order valence-corrected chi connectivity index (χ0v) is 13.6. The standard InChI is InChI=1S/C17H17NO5S/c19-17(20)9-16(12-4-2-1-3-5-12)18-24(21,22)15-7-6-13-10-23-11-14(13)8-15/h1-8,16,18H,9-11H2,(H,19,20). The van der Waals surface area contributed by atoms with Crippen molar-refractivity contribution in [3.63, 3.8) is 0 Å². The van der Waals surface area contributed by atoms with Gasteiger partial charge in [-0.05, 0) is 28.8 Å². The minimum absolute atomic E-state index is 0.109. The molecule has 1 aliphatic heterocycles. The van der Waals surface area contributed by atoms with Gasteiger partial charge in [-0.15, -0.1) is 0 Å². The number of nitrogens with one attached hydrogen (secondary N) is 1. The molecular weight excluding hydrogens is 330 g/mol. The van der Waals surface area contributed by atoms with Gasteiger partial charge in [0, 0.05) is 0 Å². The minimum atomic E-state index is -3.84. The van der Waals surface area contributed by atoms with Crippen molar-refractivity contribution in [3.05, 3.63) is 65.2 Å². The van der Waals surface area contributed by atoms with Gasteiger partial charge in [0.1, 0.15) is 0 Å². The van der Waals surface area contributed by atoms with Crippen LogP contribution in [0.1, 0.15) is 29.2 Å². The van der Waals surface area contributed by atoms with Crippen LogP contribution in [-0.4, -0.2) is 19.5 Å². The quantitative estimate of drug-likeness (QED) is 0.836. The molecule has 1 unspecified atom stereocenters. The molecule has 1 aliphatic rings. The van der Waals surface area contributed by atoms with Crippen LogP contribution in [0, 0.1) is 0 Å².